The van der Waals surface area contributed by atoms with Gasteiger partial charge in [0.25, 0.3) is 0 Å². The van der Waals surface area contributed by atoms with Crippen molar-refractivity contribution in [1.29, 1.82) is 0 Å². The molecule has 18 heavy (non-hydrogen) atoms. The fourth-order valence-corrected chi connectivity index (χ4v) is 1.46. The molecule has 1 N–H and O–H groups in total. The third kappa shape index (κ3) is 4.87. The molecule has 1 aromatic rings. The van der Waals surface area contributed by atoms with E-state index in [1.807, 2.05) is 13.8 Å². The van der Waals surface area contributed by atoms with Gasteiger partial charge in [-0.3, -0.25) is 0 Å². The molecule has 0 aromatic carbocycles. The van der Waals surface area contributed by atoms with Crippen molar-refractivity contribution >= 4 is 5.82 Å². The maximum atomic E-state index is 5.50. The average Bonchev–Trinajstić information content (AvgIpc) is 2.33. The minimum absolute atomic E-state index is 0.565. The van der Waals surface area contributed by atoms with Crippen LogP contribution in [0.1, 0.15) is 26.3 Å². The number of rotatable bonds is 8. The molecule has 0 spiro atoms. The predicted octanol–water partition coefficient (Wildman–Crippen LogP) is 2.27. The molecule has 0 aliphatic carbocycles. The van der Waals surface area contributed by atoms with E-state index >= 15 is 0 Å². The van der Waals surface area contributed by atoms with E-state index in [0.717, 1.165) is 24.5 Å². The number of ether oxygens (including phenoxy) is 2. The van der Waals surface area contributed by atoms with Crippen LogP contribution in [0.4, 0.5) is 5.82 Å². The summed E-state index contributed by atoms with van der Waals surface area (Å²) in [7, 11) is 0. The zero-order valence-electron chi connectivity index (χ0n) is 11.7. The number of nitrogens with one attached hydrogen (secondary N) is 1. The molecular formula is C13H23N3O2. The summed E-state index contributed by atoms with van der Waals surface area (Å²) >= 11 is 0. The van der Waals surface area contributed by atoms with Crippen LogP contribution in [0.25, 0.3) is 0 Å². The molecule has 0 aliphatic heterocycles. The molecule has 102 valence electrons. The van der Waals surface area contributed by atoms with Crippen molar-refractivity contribution in [1.82, 2.24) is 9.97 Å². The van der Waals surface area contributed by atoms with Crippen LogP contribution in [-0.4, -0.2) is 36.3 Å². The van der Waals surface area contributed by atoms with Gasteiger partial charge in [-0.2, -0.15) is 0 Å². The summed E-state index contributed by atoms with van der Waals surface area (Å²) in [6, 6.07) is 0. The topological polar surface area (TPSA) is 56.3 Å². The Kier molecular flexibility index (Phi) is 6.43. The standard InChI is InChI=1S/C13H23N3O2/c1-5-18-13-11(4)12(15-9-16-13)14-6-7-17-8-10(2)3/h9-10H,5-8H2,1-4H3,(H,14,15,16). The monoisotopic (exact) mass is 253 g/mol. The highest BCUT2D eigenvalue weighted by molar-refractivity contribution is 5.47. The summed E-state index contributed by atoms with van der Waals surface area (Å²) in [5, 5.41) is 3.23. The molecular weight excluding hydrogens is 230 g/mol. The second kappa shape index (κ2) is 7.87. The number of anilines is 1. The van der Waals surface area contributed by atoms with Crippen molar-refractivity contribution in [3.63, 3.8) is 0 Å². The second-order valence-corrected chi connectivity index (χ2v) is 4.48. The Morgan fingerprint density at radius 2 is 2.11 bits per heavy atom. The lowest BCUT2D eigenvalue weighted by Gasteiger charge is -2.12. The highest BCUT2D eigenvalue weighted by Gasteiger charge is 2.06. The van der Waals surface area contributed by atoms with Crippen molar-refractivity contribution in [3.05, 3.63) is 11.9 Å². The Labute approximate surface area is 109 Å². The van der Waals surface area contributed by atoms with Gasteiger partial charge in [0.2, 0.25) is 5.88 Å². The van der Waals surface area contributed by atoms with Crippen molar-refractivity contribution in [2.24, 2.45) is 5.92 Å². The SMILES string of the molecule is CCOc1ncnc(NCCOCC(C)C)c1C. The van der Waals surface area contributed by atoms with E-state index in [4.69, 9.17) is 9.47 Å². The highest BCUT2D eigenvalue weighted by Crippen LogP contribution is 2.19. The van der Waals surface area contributed by atoms with E-state index < -0.39 is 0 Å². The number of aromatic nitrogens is 2. The number of hydrogen-bond acceptors (Lipinski definition) is 5. The Balaban J connectivity index is 2.40. The predicted molar refractivity (Wildman–Crippen MR) is 72.1 cm³/mol. The van der Waals surface area contributed by atoms with E-state index in [9.17, 15) is 0 Å². The van der Waals surface area contributed by atoms with Gasteiger partial charge < -0.3 is 14.8 Å². The summed E-state index contributed by atoms with van der Waals surface area (Å²) < 4.78 is 10.9. The largest absolute Gasteiger partial charge is 0.478 e. The van der Waals surface area contributed by atoms with E-state index in [2.05, 4.69) is 29.1 Å². The maximum Gasteiger partial charge on any atom is 0.221 e. The number of nitrogens with zero attached hydrogens (tertiary/aromatic N) is 2. The molecule has 0 saturated carbocycles. The van der Waals surface area contributed by atoms with Crippen LogP contribution < -0.4 is 10.1 Å². The van der Waals surface area contributed by atoms with Gasteiger partial charge in [0.05, 0.1) is 18.8 Å². The average molecular weight is 253 g/mol. The van der Waals surface area contributed by atoms with Crippen LogP contribution in [0, 0.1) is 12.8 Å². The summed E-state index contributed by atoms with van der Waals surface area (Å²) in [4.78, 5) is 8.29. The Morgan fingerprint density at radius 1 is 1.33 bits per heavy atom. The van der Waals surface area contributed by atoms with E-state index in [1.165, 1.54) is 6.33 Å². The first-order chi connectivity index (χ1) is 8.65. The molecule has 0 bridgehead atoms. The van der Waals surface area contributed by atoms with Crippen molar-refractivity contribution < 1.29 is 9.47 Å². The molecule has 0 radical (unpaired) electrons. The lowest BCUT2D eigenvalue weighted by molar-refractivity contribution is 0.118. The van der Waals surface area contributed by atoms with Crippen LogP contribution in [0.3, 0.4) is 0 Å². The minimum atomic E-state index is 0.565. The van der Waals surface area contributed by atoms with Crippen molar-refractivity contribution in [3.8, 4) is 5.88 Å². The summed E-state index contributed by atoms with van der Waals surface area (Å²) in [5.41, 5.74) is 0.934. The van der Waals surface area contributed by atoms with Gasteiger partial charge in [-0.25, -0.2) is 9.97 Å². The Bertz CT molecular complexity index is 356. The maximum absolute atomic E-state index is 5.50. The molecule has 0 saturated heterocycles. The van der Waals surface area contributed by atoms with Crippen LogP contribution in [0.5, 0.6) is 5.88 Å². The molecule has 0 aliphatic rings. The second-order valence-electron chi connectivity index (χ2n) is 4.48. The third-order valence-corrected chi connectivity index (χ3v) is 2.31. The fourth-order valence-electron chi connectivity index (χ4n) is 1.46. The van der Waals surface area contributed by atoms with Crippen LogP contribution in [-0.2, 0) is 4.74 Å². The Hall–Kier alpha value is -1.36. The molecule has 5 nitrogen and oxygen atoms in total. The molecule has 0 atom stereocenters. The van der Waals surface area contributed by atoms with Crippen molar-refractivity contribution in [2.45, 2.75) is 27.7 Å². The number of hydrogen-bond donors (Lipinski definition) is 1. The lowest BCUT2D eigenvalue weighted by Crippen LogP contribution is -2.14. The molecule has 1 heterocycles. The third-order valence-electron chi connectivity index (χ3n) is 2.31. The molecule has 0 fully saturated rings. The van der Waals surface area contributed by atoms with Gasteiger partial charge in [-0.05, 0) is 19.8 Å². The highest BCUT2D eigenvalue weighted by atomic mass is 16.5. The first-order valence-electron chi connectivity index (χ1n) is 6.41. The van der Waals surface area contributed by atoms with E-state index in [-0.39, 0.29) is 0 Å². The molecule has 0 amide bonds. The van der Waals surface area contributed by atoms with E-state index in [1.54, 1.807) is 0 Å². The zero-order valence-corrected chi connectivity index (χ0v) is 11.7. The minimum Gasteiger partial charge on any atom is -0.478 e. The van der Waals surface area contributed by atoms with Crippen LogP contribution in [0.15, 0.2) is 6.33 Å². The lowest BCUT2D eigenvalue weighted by atomic mass is 10.2. The normalized spacial score (nSPS) is 10.7. The molecule has 0 unspecified atom stereocenters. The first-order valence-corrected chi connectivity index (χ1v) is 6.41. The summed E-state index contributed by atoms with van der Waals surface area (Å²) in [5.74, 6) is 2.01. The van der Waals surface area contributed by atoms with Gasteiger partial charge in [-0.1, -0.05) is 13.8 Å². The van der Waals surface area contributed by atoms with Crippen molar-refractivity contribution in [2.75, 3.05) is 31.7 Å². The van der Waals surface area contributed by atoms with Crippen LogP contribution >= 0.6 is 0 Å². The van der Waals surface area contributed by atoms with Gasteiger partial charge in [-0.15, -0.1) is 0 Å². The summed E-state index contributed by atoms with van der Waals surface area (Å²) in [6.07, 6.45) is 1.51. The van der Waals surface area contributed by atoms with Gasteiger partial charge >= 0.3 is 0 Å². The molecule has 1 aromatic heterocycles. The van der Waals surface area contributed by atoms with Crippen LogP contribution in [0.2, 0.25) is 0 Å². The Morgan fingerprint density at radius 3 is 2.78 bits per heavy atom. The summed E-state index contributed by atoms with van der Waals surface area (Å²) in [6.45, 7) is 11.0. The quantitative estimate of drug-likeness (QED) is 0.720. The van der Waals surface area contributed by atoms with Gasteiger partial charge in [0.1, 0.15) is 12.1 Å². The fraction of sp³-hybridized carbons (Fsp3) is 0.692. The zero-order chi connectivity index (χ0) is 13.4. The van der Waals surface area contributed by atoms with Gasteiger partial charge in [0, 0.05) is 13.2 Å². The van der Waals surface area contributed by atoms with Gasteiger partial charge in [0.15, 0.2) is 0 Å². The smallest absolute Gasteiger partial charge is 0.221 e. The molecule has 1 rings (SSSR count). The first kappa shape index (κ1) is 14.7. The molecule has 5 heteroatoms. The van der Waals surface area contributed by atoms with E-state index in [0.29, 0.717) is 25.0 Å².